The van der Waals surface area contributed by atoms with Gasteiger partial charge in [0.25, 0.3) is 0 Å². The molecule has 0 saturated carbocycles. The lowest BCUT2D eigenvalue weighted by Crippen LogP contribution is -2.36. The number of amides is 1. The summed E-state index contributed by atoms with van der Waals surface area (Å²) < 4.78 is 5.05. The number of hydrogen-bond donors (Lipinski definition) is 2. The maximum atomic E-state index is 10.7. The number of primary amides is 1. The molecule has 4 nitrogen and oxygen atoms in total. The zero-order valence-corrected chi connectivity index (χ0v) is 10.00. The molecule has 1 unspecified atom stereocenters. The molecule has 0 aliphatic rings. The van der Waals surface area contributed by atoms with Gasteiger partial charge in [-0.15, -0.1) is 11.8 Å². The van der Waals surface area contributed by atoms with Gasteiger partial charge < -0.3 is 16.2 Å². The van der Waals surface area contributed by atoms with E-state index in [9.17, 15) is 4.79 Å². The van der Waals surface area contributed by atoms with Gasteiger partial charge in [0.05, 0.1) is 13.2 Å². The van der Waals surface area contributed by atoms with E-state index in [2.05, 4.69) is 0 Å². The number of carbonyl (C=O) groups is 1. The molecular formula is C11H16N2O2S. The average Bonchev–Trinajstić information content (AvgIpc) is 2.29. The quantitative estimate of drug-likeness (QED) is 0.727. The molecule has 0 heterocycles. The lowest BCUT2D eigenvalue weighted by molar-refractivity contribution is -0.119. The van der Waals surface area contributed by atoms with E-state index in [4.69, 9.17) is 16.2 Å². The summed E-state index contributed by atoms with van der Waals surface area (Å²) in [5, 5.41) is 0. The largest absolute Gasteiger partial charge is 0.497 e. The molecule has 1 atom stereocenters. The number of thioether (sulfide) groups is 1. The lowest BCUT2D eigenvalue weighted by Gasteiger charge is -2.07. The third-order valence-corrected chi connectivity index (χ3v) is 3.17. The Balaban J connectivity index is 2.34. The van der Waals surface area contributed by atoms with Crippen molar-refractivity contribution in [3.8, 4) is 5.75 Å². The summed E-state index contributed by atoms with van der Waals surface area (Å²) >= 11 is 1.64. The van der Waals surface area contributed by atoms with Gasteiger partial charge >= 0.3 is 0 Å². The van der Waals surface area contributed by atoms with Crippen LogP contribution in [0.25, 0.3) is 0 Å². The number of methoxy groups -OCH3 is 1. The smallest absolute Gasteiger partial charge is 0.234 e. The highest BCUT2D eigenvalue weighted by Crippen LogP contribution is 2.21. The van der Waals surface area contributed by atoms with Gasteiger partial charge in [-0.05, 0) is 36.4 Å². The van der Waals surface area contributed by atoms with Crippen LogP contribution < -0.4 is 16.2 Å². The fraction of sp³-hybridized carbons (Fsp3) is 0.364. The molecule has 5 heteroatoms. The second-order valence-electron chi connectivity index (χ2n) is 3.32. The predicted molar refractivity (Wildman–Crippen MR) is 65.5 cm³/mol. The molecule has 1 aromatic carbocycles. The van der Waals surface area contributed by atoms with Crippen LogP contribution in [0.2, 0.25) is 0 Å². The topological polar surface area (TPSA) is 78.3 Å². The zero-order valence-electron chi connectivity index (χ0n) is 9.18. The summed E-state index contributed by atoms with van der Waals surface area (Å²) in [5.41, 5.74) is 10.6. The van der Waals surface area contributed by atoms with Gasteiger partial charge in [0.15, 0.2) is 0 Å². The van der Waals surface area contributed by atoms with Crippen LogP contribution in [0.4, 0.5) is 0 Å². The Morgan fingerprint density at radius 3 is 2.56 bits per heavy atom. The summed E-state index contributed by atoms with van der Waals surface area (Å²) in [6.45, 7) is 0. The van der Waals surface area contributed by atoms with Crippen LogP contribution in [-0.2, 0) is 4.79 Å². The molecule has 0 fully saturated rings. The molecule has 0 saturated heterocycles. The van der Waals surface area contributed by atoms with Crippen molar-refractivity contribution in [3.63, 3.8) is 0 Å². The Labute approximate surface area is 99.3 Å². The van der Waals surface area contributed by atoms with Crippen molar-refractivity contribution in [1.29, 1.82) is 0 Å². The number of carbonyl (C=O) groups excluding carboxylic acids is 1. The first kappa shape index (κ1) is 12.9. The van der Waals surface area contributed by atoms with Gasteiger partial charge in [0.1, 0.15) is 5.75 Å². The summed E-state index contributed by atoms with van der Waals surface area (Å²) in [4.78, 5) is 11.8. The first-order valence-corrected chi connectivity index (χ1v) is 5.94. The molecule has 16 heavy (non-hydrogen) atoms. The van der Waals surface area contributed by atoms with E-state index >= 15 is 0 Å². The molecule has 88 valence electrons. The molecule has 0 bridgehead atoms. The number of nitrogens with two attached hydrogens (primary N) is 2. The minimum atomic E-state index is -0.550. The number of benzene rings is 1. The van der Waals surface area contributed by atoms with Gasteiger partial charge in [-0.2, -0.15) is 0 Å². The van der Waals surface area contributed by atoms with Crippen LogP contribution in [0.3, 0.4) is 0 Å². The van der Waals surface area contributed by atoms with Crippen molar-refractivity contribution in [2.75, 3.05) is 12.9 Å². The fourth-order valence-electron chi connectivity index (χ4n) is 1.12. The van der Waals surface area contributed by atoms with Crippen LogP contribution in [0.15, 0.2) is 29.2 Å². The fourth-order valence-corrected chi connectivity index (χ4v) is 2.05. The Hall–Kier alpha value is -1.20. The third-order valence-electron chi connectivity index (χ3n) is 2.12. The normalized spacial score (nSPS) is 12.1. The number of rotatable bonds is 6. The van der Waals surface area contributed by atoms with Crippen LogP contribution >= 0.6 is 11.8 Å². The van der Waals surface area contributed by atoms with Crippen LogP contribution in [0.5, 0.6) is 5.75 Å². The highest BCUT2D eigenvalue weighted by atomic mass is 32.2. The minimum Gasteiger partial charge on any atom is -0.497 e. The van der Waals surface area contributed by atoms with Gasteiger partial charge in [-0.1, -0.05) is 0 Å². The first-order chi connectivity index (χ1) is 7.63. The van der Waals surface area contributed by atoms with Crippen molar-refractivity contribution >= 4 is 17.7 Å². The second-order valence-corrected chi connectivity index (χ2v) is 4.49. The monoisotopic (exact) mass is 240 g/mol. The van der Waals surface area contributed by atoms with E-state index in [0.29, 0.717) is 6.42 Å². The number of ether oxygens (including phenoxy) is 1. The van der Waals surface area contributed by atoms with Gasteiger partial charge in [0, 0.05) is 4.90 Å². The van der Waals surface area contributed by atoms with E-state index in [1.54, 1.807) is 18.9 Å². The van der Waals surface area contributed by atoms with Crippen molar-refractivity contribution in [2.24, 2.45) is 11.5 Å². The Bertz CT molecular complexity index is 340. The molecule has 0 radical (unpaired) electrons. The van der Waals surface area contributed by atoms with Crippen LogP contribution in [0.1, 0.15) is 6.42 Å². The maximum Gasteiger partial charge on any atom is 0.234 e. The van der Waals surface area contributed by atoms with Gasteiger partial charge in [0.2, 0.25) is 5.91 Å². The highest BCUT2D eigenvalue weighted by Gasteiger charge is 2.08. The Kier molecular flexibility index (Phi) is 5.14. The van der Waals surface area contributed by atoms with Crippen molar-refractivity contribution < 1.29 is 9.53 Å². The Morgan fingerprint density at radius 2 is 2.06 bits per heavy atom. The summed E-state index contributed by atoms with van der Waals surface area (Å²) in [7, 11) is 1.63. The second kappa shape index (κ2) is 6.40. The average molecular weight is 240 g/mol. The molecule has 0 aliphatic heterocycles. The van der Waals surface area contributed by atoms with E-state index in [1.165, 1.54) is 0 Å². The molecule has 0 aromatic heterocycles. The molecule has 1 amide bonds. The highest BCUT2D eigenvalue weighted by molar-refractivity contribution is 7.99. The third kappa shape index (κ3) is 4.12. The standard InChI is InChI=1S/C11H16N2O2S/c1-15-8-2-4-9(5-3-8)16-7-6-10(12)11(13)14/h2-5,10H,6-7,12H2,1H3,(H2,13,14). The predicted octanol–water partition coefficient (Wildman–Crippen LogP) is 0.990. The molecular weight excluding hydrogens is 224 g/mol. The van der Waals surface area contributed by atoms with E-state index in [0.717, 1.165) is 16.4 Å². The van der Waals surface area contributed by atoms with E-state index in [-0.39, 0.29) is 0 Å². The molecule has 4 N–H and O–H groups in total. The molecule has 0 aliphatic carbocycles. The SMILES string of the molecule is COc1ccc(SCCC(N)C(N)=O)cc1. The Morgan fingerprint density at radius 1 is 1.44 bits per heavy atom. The van der Waals surface area contributed by atoms with Crippen molar-refractivity contribution in [1.82, 2.24) is 0 Å². The molecule has 1 aromatic rings. The lowest BCUT2D eigenvalue weighted by atomic mass is 10.2. The van der Waals surface area contributed by atoms with Gasteiger partial charge in [-0.3, -0.25) is 4.79 Å². The van der Waals surface area contributed by atoms with Crippen molar-refractivity contribution in [2.45, 2.75) is 17.4 Å². The van der Waals surface area contributed by atoms with Gasteiger partial charge in [-0.25, -0.2) is 0 Å². The zero-order chi connectivity index (χ0) is 12.0. The molecule has 0 spiro atoms. The van der Waals surface area contributed by atoms with Crippen molar-refractivity contribution in [3.05, 3.63) is 24.3 Å². The van der Waals surface area contributed by atoms with Crippen LogP contribution in [-0.4, -0.2) is 24.8 Å². The summed E-state index contributed by atoms with van der Waals surface area (Å²) in [5.74, 6) is 1.16. The maximum absolute atomic E-state index is 10.7. The number of hydrogen-bond acceptors (Lipinski definition) is 4. The minimum absolute atomic E-state index is 0.449. The van der Waals surface area contributed by atoms with E-state index in [1.807, 2.05) is 24.3 Å². The first-order valence-electron chi connectivity index (χ1n) is 4.95. The van der Waals surface area contributed by atoms with Crippen LogP contribution in [0, 0.1) is 0 Å². The summed E-state index contributed by atoms with van der Waals surface area (Å²) in [6.07, 6.45) is 0.589. The summed E-state index contributed by atoms with van der Waals surface area (Å²) in [6, 6.07) is 7.19. The molecule has 1 rings (SSSR count). The van der Waals surface area contributed by atoms with E-state index < -0.39 is 11.9 Å².